The minimum absolute atomic E-state index is 0. The molecule has 0 saturated heterocycles. The zero-order valence-electron chi connectivity index (χ0n) is 8.29. The van der Waals surface area contributed by atoms with Crippen molar-refractivity contribution in [2.45, 2.75) is 20.8 Å². The van der Waals surface area contributed by atoms with E-state index in [1.165, 1.54) is 11.1 Å². The summed E-state index contributed by atoms with van der Waals surface area (Å²) in [6, 6.07) is 7.95. The molecular formula is C11H16ClN. The number of nitrogen functional groups attached to an aromatic ring is 1. The molecule has 0 radical (unpaired) electrons. The van der Waals surface area contributed by atoms with Crippen LogP contribution in [0.15, 0.2) is 29.8 Å². The quantitative estimate of drug-likeness (QED) is 0.686. The molecule has 2 N–H and O–H groups in total. The highest BCUT2D eigenvalue weighted by molar-refractivity contribution is 5.85. The van der Waals surface area contributed by atoms with Crippen molar-refractivity contribution in [2.75, 3.05) is 5.73 Å². The molecule has 2 heteroatoms. The molecular weight excluding hydrogens is 182 g/mol. The number of anilines is 1. The van der Waals surface area contributed by atoms with Crippen LogP contribution in [-0.2, 0) is 0 Å². The normalized spacial score (nSPS) is 8.85. The number of rotatable bonds is 1. The number of para-hydroxylation sites is 1. The molecule has 0 heterocycles. The number of hydrogen-bond donors (Lipinski definition) is 1. The first kappa shape index (κ1) is 12.0. The average molecular weight is 198 g/mol. The van der Waals surface area contributed by atoms with Crippen molar-refractivity contribution in [3.63, 3.8) is 0 Å². The first-order valence-electron chi connectivity index (χ1n) is 4.12. The van der Waals surface area contributed by atoms with Crippen LogP contribution in [0.5, 0.6) is 0 Å². The summed E-state index contributed by atoms with van der Waals surface area (Å²) >= 11 is 0. The predicted octanol–water partition coefficient (Wildman–Crippen LogP) is 3.50. The molecule has 0 atom stereocenters. The van der Waals surface area contributed by atoms with Gasteiger partial charge in [0.25, 0.3) is 0 Å². The van der Waals surface area contributed by atoms with E-state index in [1.807, 2.05) is 18.2 Å². The average Bonchev–Trinajstić information content (AvgIpc) is 2.04. The van der Waals surface area contributed by atoms with Gasteiger partial charge in [-0.25, -0.2) is 0 Å². The number of nitrogens with two attached hydrogens (primary N) is 1. The maximum Gasteiger partial charge on any atom is 0.0390 e. The van der Waals surface area contributed by atoms with Gasteiger partial charge in [0.15, 0.2) is 0 Å². The summed E-state index contributed by atoms with van der Waals surface area (Å²) in [6.45, 7) is 6.30. The van der Waals surface area contributed by atoms with E-state index in [2.05, 4.69) is 26.8 Å². The van der Waals surface area contributed by atoms with Crippen molar-refractivity contribution in [3.8, 4) is 0 Å². The highest BCUT2D eigenvalue weighted by atomic mass is 35.5. The second-order valence-electron chi connectivity index (χ2n) is 3.21. The predicted molar refractivity (Wildman–Crippen MR) is 62.0 cm³/mol. The third-order valence-electron chi connectivity index (χ3n) is 2.11. The van der Waals surface area contributed by atoms with E-state index in [0.29, 0.717) is 0 Å². The van der Waals surface area contributed by atoms with Crippen LogP contribution in [0.2, 0.25) is 0 Å². The van der Waals surface area contributed by atoms with Gasteiger partial charge in [0.1, 0.15) is 0 Å². The fourth-order valence-electron chi connectivity index (χ4n) is 1.11. The molecule has 1 aromatic carbocycles. The van der Waals surface area contributed by atoms with Gasteiger partial charge in [0, 0.05) is 11.3 Å². The summed E-state index contributed by atoms with van der Waals surface area (Å²) < 4.78 is 0. The highest BCUT2D eigenvalue weighted by Crippen LogP contribution is 2.22. The van der Waals surface area contributed by atoms with Gasteiger partial charge in [-0.1, -0.05) is 23.8 Å². The summed E-state index contributed by atoms with van der Waals surface area (Å²) in [5.41, 5.74) is 10.4. The van der Waals surface area contributed by atoms with Crippen molar-refractivity contribution < 1.29 is 0 Å². The van der Waals surface area contributed by atoms with E-state index in [-0.39, 0.29) is 12.4 Å². The number of halogens is 1. The number of allylic oxidation sites excluding steroid dienone is 2. The van der Waals surface area contributed by atoms with Gasteiger partial charge < -0.3 is 5.73 Å². The molecule has 1 nitrogen and oxygen atoms in total. The number of hydrogen-bond acceptors (Lipinski definition) is 1. The molecule has 0 aliphatic rings. The molecule has 72 valence electrons. The Labute approximate surface area is 86.1 Å². The third-order valence-corrected chi connectivity index (χ3v) is 2.11. The van der Waals surface area contributed by atoms with E-state index in [4.69, 9.17) is 5.73 Å². The molecule has 0 aliphatic carbocycles. The lowest BCUT2D eigenvalue weighted by Gasteiger charge is -2.06. The molecule has 0 bridgehead atoms. The Morgan fingerprint density at radius 2 is 1.62 bits per heavy atom. The smallest absolute Gasteiger partial charge is 0.0390 e. The maximum absolute atomic E-state index is 5.83. The van der Waals surface area contributed by atoms with Gasteiger partial charge in [-0.2, -0.15) is 0 Å². The first-order valence-corrected chi connectivity index (χ1v) is 4.12. The molecule has 0 aliphatic heterocycles. The largest absolute Gasteiger partial charge is 0.398 e. The van der Waals surface area contributed by atoms with E-state index in [0.717, 1.165) is 11.3 Å². The summed E-state index contributed by atoms with van der Waals surface area (Å²) in [5.74, 6) is 0. The second-order valence-corrected chi connectivity index (χ2v) is 3.21. The monoisotopic (exact) mass is 197 g/mol. The molecule has 0 saturated carbocycles. The summed E-state index contributed by atoms with van der Waals surface area (Å²) in [5, 5.41) is 0. The van der Waals surface area contributed by atoms with Gasteiger partial charge >= 0.3 is 0 Å². The molecule has 13 heavy (non-hydrogen) atoms. The minimum Gasteiger partial charge on any atom is -0.398 e. The summed E-state index contributed by atoms with van der Waals surface area (Å²) in [4.78, 5) is 0. The third kappa shape index (κ3) is 2.78. The molecule has 1 aromatic rings. The second kappa shape index (κ2) is 4.93. The molecule has 0 amide bonds. The Kier molecular flexibility index (Phi) is 4.57. The molecule has 0 fully saturated rings. The fraction of sp³-hybridized carbons (Fsp3) is 0.273. The van der Waals surface area contributed by atoms with E-state index in [9.17, 15) is 0 Å². The summed E-state index contributed by atoms with van der Waals surface area (Å²) in [6.07, 6.45) is 0. The molecule has 1 rings (SSSR count). The van der Waals surface area contributed by atoms with E-state index >= 15 is 0 Å². The highest BCUT2D eigenvalue weighted by Gasteiger charge is 2.00. The maximum atomic E-state index is 5.83. The van der Waals surface area contributed by atoms with Crippen LogP contribution < -0.4 is 5.73 Å². The molecule has 0 unspecified atom stereocenters. The van der Waals surface area contributed by atoms with Crippen molar-refractivity contribution in [2.24, 2.45) is 0 Å². The zero-order valence-corrected chi connectivity index (χ0v) is 9.11. The van der Waals surface area contributed by atoms with E-state index < -0.39 is 0 Å². The Balaban J connectivity index is 0.00000144. The number of benzene rings is 1. The lowest BCUT2D eigenvalue weighted by Crippen LogP contribution is -1.91. The van der Waals surface area contributed by atoms with Crippen LogP contribution in [0.25, 0.3) is 5.57 Å². The topological polar surface area (TPSA) is 26.0 Å². The van der Waals surface area contributed by atoms with Crippen molar-refractivity contribution in [1.29, 1.82) is 0 Å². The van der Waals surface area contributed by atoms with Crippen molar-refractivity contribution in [1.82, 2.24) is 0 Å². The zero-order chi connectivity index (χ0) is 9.14. The van der Waals surface area contributed by atoms with Crippen LogP contribution in [0.1, 0.15) is 26.3 Å². The SMILES string of the molecule is CC(C)=C(C)c1ccccc1N.Cl. The first-order chi connectivity index (χ1) is 5.63. The van der Waals surface area contributed by atoms with Crippen LogP contribution in [0.4, 0.5) is 5.69 Å². The molecule has 0 spiro atoms. The van der Waals surface area contributed by atoms with Gasteiger partial charge in [-0.05, 0) is 32.4 Å². The minimum atomic E-state index is 0. The van der Waals surface area contributed by atoms with Gasteiger partial charge in [0.05, 0.1) is 0 Å². The van der Waals surface area contributed by atoms with Gasteiger partial charge in [-0.3, -0.25) is 0 Å². The Hall–Kier alpha value is -0.950. The fourth-order valence-corrected chi connectivity index (χ4v) is 1.11. The van der Waals surface area contributed by atoms with Crippen LogP contribution in [-0.4, -0.2) is 0 Å². The Bertz CT molecular complexity index is 312. The van der Waals surface area contributed by atoms with Crippen LogP contribution in [0.3, 0.4) is 0 Å². The van der Waals surface area contributed by atoms with Crippen LogP contribution >= 0.6 is 12.4 Å². The lowest BCUT2D eigenvalue weighted by atomic mass is 10.0. The van der Waals surface area contributed by atoms with Crippen LogP contribution in [0, 0.1) is 0 Å². The van der Waals surface area contributed by atoms with Gasteiger partial charge in [-0.15, -0.1) is 12.4 Å². The van der Waals surface area contributed by atoms with Crippen molar-refractivity contribution in [3.05, 3.63) is 35.4 Å². The standard InChI is InChI=1S/C11H15N.ClH/c1-8(2)9(3)10-6-4-5-7-11(10)12;/h4-7H,12H2,1-3H3;1H. The Morgan fingerprint density at radius 1 is 1.08 bits per heavy atom. The molecule has 0 aromatic heterocycles. The van der Waals surface area contributed by atoms with E-state index in [1.54, 1.807) is 0 Å². The lowest BCUT2D eigenvalue weighted by molar-refractivity contribution is 1.36. The Morgan fingerprint density at radius 3 is 2.08 bits per heavy atom. The van der Waals surface area contributed by atoms with Crippen molar-refractivity contribution >= 4 is 23.7 Å². The van der Waals surface area contributed by atoms with Gasteiger partial charge in [0.2, 0.25) is 0 Å². The summed E-state index contributed by atoms with van der Waals surface area (Å²) in [7, 11) is 0.